The minimum absolute atomic E-state index is 0.443. The van der Waals surface area contributed by atoms with Crippen molar-refractivity contribution in [1.82, 2.24) is 0 Å². The van der Waals surface area contributed by atoms with E-state index in [0.717, 1.165) is 12.8 Å². The van der Waals surface area contributed by atoms with E-state index in [0.29, 0.717) is 11.7 Å². The van der Waals surface area contributed by atoms with Crippen LogP contribution in [0.3, 0.4) is 0 Å². The van der Waals surface area contributed by atoms with Crippen LogP contribution in [0.25, 0.3) is 0 Å². The van der Waals surface area contributed by atoms with Crippen LogP contribution in [-0.4, -0.2) is 5.11 Å². The fraction of sp³-hybridized carbons (Fsp3) is 0.556. The normalized spacial score (nSPS) is 30.4. The van der Waals surface area contributed by atoms with Crippen LogP contribution in [0.1, 0.15) is 26.7 Å². The van der Waals surface area contributed by atoms with Crippen LogP contribution in [0.15, 0.2) is 23.5 Å². The van der Waals surface area contributed by atoms with Crippen molar-refractivity contribution in [2.24, 2.45) is 5.92 Å². The van der Waals surface area contributed by atoms with E-state index in [-0.39, 0.29) is 0 Å². The summed E-state index contributed by atoms with van der Waals surface area (Å²) in [5.74, 6) is 0.954. The second-order valence-electron chi connectivity index (χ2n) is 2.87. The van der Waals surface area contributed by atoms with Gasteiger partial charge in [0, 0.05) is 0 Å². The Morgan fingerprint density at radius 1 is 1.70 bits per heavy atom. The van der Waals surface area contributed by atoms with Gasteiger partial charge in [-0.2, -0.15) is 0 Å². The molecule has 56 valence electrons. The maximum atomic E-state index is 9.19. The van der Waals surface area contributed by atoms with E-state index >= 15 is 0 Å². The molecule has 0 heterocycles. The Morgan fingerprint density at radius 2 is 2.40 bits per heavy atom. The summed E-state index contributed by atoms with van der Waals surface area (Å²) in [4.78, 5) is 0. The van der Waals surface area contributed by atoms with Crippen molar-refractivity contribution in [3.8, 4) is 0 Å². The smallest absolute Gasteiger partial charge is 0.0889 e. The highest BCUT2D eigenvalue weighted by Crippen LogP contribution is 2.25. The molecule has 0 aromatic carbocycles. The number of allylic oxidation sites excluding steroid dienone is 4. The summed E-state index contributed by atoms with van der Waals surface area (Å²) in [7, 11) is 0. The molecule has 0 saturated heterocycles. The number of aliphatic hydroxyl groups excluding tert-OH is 1. The van der Waals surface area contributed by atoms with Gasteiger partial charge in [-0.15, -0.1) is 0 Å². The van der Waals surface area contributed by atoms with Crippen molar-refractivity contribution in [2.75, 3.05) is 0 Å². The molecule has 1 atom stereocenters. The predicted octanol–water partition coefficient (Wildman–Crippen LogP) is 2.80. The van der Waals surface area contributed by atoms with Gasteiger partial charge >= 0.3 is 0 Å². The van der Waals surface area contributed by atoms with Crippen LogP contribution in [0.4, 0.5) is 0 Å². The maximum Gasteiger partial charge on any atom is 0.0889 e. The maximum absolute atomic E-state index is 9.19. The topological polar surface area (TPSA) is 20.2 Å². The first kappa shape index (κ1) is 7.39. The van der Waals surface area contributed by atoms with Crippen molar-refractivity contribution < 1.29 is 5.11 Å². The lowest BCUT2D eigenvalue weighted by Gasteiger charge is -2.16. The molecule has 1 rings (SSSR count). The molecule has 0 aliphatic heterocycles. The third-order valence-electron chi connectivity index (χ3n) is 2.02. The summed E-state index contributed by atoms with van der Waals surface area (Å²) >= 11 is 0. The van der Waals surface area contributed by atoms with Crippen molar-refractivity contribution >= 4 is 0 Å². The van der Waals surface area contributed by atoms with Crippen LogP contribution >= 0.6 is 0 Å². The number of hydrogen-bond acceptors (Lipinski definition) is 1. The van der Waals surface area contributed by atoms with Crippen molar-refractivity contribution in [2.45, 2.75) is 26.7 Å². The van der Waals surface area contributed by atoms with Gasteiger partial charge in [-0.3, -0.25) is 0 Å². The van der Waals surface area contributed by atoms with Crippen LogP contribution in [0.2, 0.25) is 0 Å². The van der Waals surface area contributed by atoms with Gasteiger partial charge in [0.2, 0.25) is 0 Å². The van der Waals surface area contributed by atoms with Gasteiger partial charge in [0.05, 0.1) is 5.76 Å². The van der Waals surface area contributed by atoms with E-state index in [1.807, 2.05) is 0 Å². The lowest BCUT2D eigenvalue weighted by molar-refractivity contribution is 0.396. The molecule has 1 N–H and O–H groups in total. The molecule has 0 saturated carbocycles. The number of rotatable bonds is 0. The standard InChI is InChI=1S/C9H14O/c1-7-5-3-4-6-9(7)8(2)10/h3,5,7,10H,4,6H2,1-2H3/b9-8+. The van der Waals surface area contributed by atoms with Gasteiger partial charge in [0.1, 0.15) is 0 Å². The molecule has 0 bridgehead atoms. The molecule has 0 amide bonds. The first-order valence-electron chi connectivity index (χ1n) is 3.77. The third-order valence-corrected chi connectivity index (χ3v) is 2.02. The summed E-state index contributed by atoms with van der Waals surface area (Å²) < 4.78 is 0. The van der Waals surface area contributed by atoms with Gasteiger partial charge in [-0.1, -0.05) is 19.1 Å². The van der Waals surface area contributed by atoms with E-state index in [2.05, 4.69) is 19.1 Å². The zero-order valence-electron chi connectivity index (χ0n) is 6.59. The average Bonchev–Trinajstić information content (AvgIpc) is 1.88. The summed E-state index contributed by atoms with van der Waals surface area (Å²) in [6.45, 7) is 3.88. The summed E-state index contributed by atoms with van der Waals surface area (Å²) in [6, 6.07) is 0. The Bertz CT molecular complexity index is 173. The fourth-order valence-corrected chi connectivity index (χ4v) is 1.39. The molecule has 1 nitrogen and oxygen atoms in total. The van der Waals surface area contributed by atoms with Crippen LogP contribution in [0, 0.1) is 5.92 Å². The molecular weight excluding hydrogens is 124 g/mol. The molecule has 10 heavy (non-hydrogen) atoms. The quantitative estimate of drug-likeness (QED) is 0.403. The van der Waals surface area contributed by atoms with Gasteiger partial charge in [-0.05, 0) is 31.3 Å². The first-order valence-corrected chi connectivity index (χ1v) is 3.77. The van der Waals surface area contributed by atoms with Gasteiger partial charge in [0.25, 0.3) is 0 Å². The van der Waals surface area contributed by atoms with Gasteiger partial charge in [0.15, 0.2) is 0 Å². The van der Waals surface area contributed by atoms with E-state index in [1.54, 1.807) is 6.92 Å². The monoisotopic (exact) mass is 138 g/mol. The van der Waals surface area contributed by atoms with Crippen molar-refractivity contribution in [1.29, 1.82) is 0 Å². The van der Waals surface area contributed by atoms with Gasteiger partial charge < -0.3 is 5.11 Å². The Hall–Kier alpha value is -0.720. The summed E-state index contributed by atoms with van der Waals surface area (Å²) in [5.41, 5.74) is 1.20. The zero-order chi connectivity index (χ0) is 7.56. The summed E-state index contributed by atoms with van der Waals surface area (Å²) in [6.07, 6.45) is 6.44. The Labute approximate surface area is 62.1 Å². The lowest BCUT2D eigenvalue weighted by Crippen LogP contribution is -2.02. The minimum Gasteiger partial charge on any atom is -0.513 e. The molecule has 0 aromatic heterocycles. The second-order valence-corrected chi connectivity index (χ2v) is 2.87. The fourth-order valence-electron chi connectivity index (χ4n) is 1.39. The third kappa shape index (κ3) is 1.41. The van der Waals surface area contributed by atoms with Crippen molar-refractivity contribution in [3.63, 3.8) is 0 Å². The molecule has 0 spiro atoms. The SMILES string of the molecule is C/C(O)=C1/CCC=CC1C. The zero-order valence-corrected chi connectivity index (χ0v) is 6.59. The second kappa shape index (κ2) is 2.91. The highest BCUT2D eigenvalue weighted by Gasteiger charge is 2.11. The van der Waals surface area contributed by atoms with E-state index in [4.69, 9.17) is 0 Å². The van der Waals surface area contributed by atoms with Crippen LogP contribution in [0.5, 0.6) is 0 Å². The summed E-state index contributed by atoms with van der Waals surface area (Å²) in [5, 5.41) is 9.19. The molecule has 1 unspecified atom stereocenters. The Morgan fingerprint density at radius 3 is 2.80 bits per heavy atom. The van der Waals surface area contributed by atoms with Crippen LogP contribution < -0.4 is 0 Å². The van der Waals surface area contributed by atoms with Crippen LogP contribution in [-0.2, 0) is 0 Å². The first-order chi connectivity index (χ1) is 4.72. The Balaban J connectivity index is 2.80. The van der Waals surface area contributed by atoms with E-state index in [9.17, 15) is 5.11 Å². The molecule has 1 aliphatic rings. The lowest BCUT2D eigenvalue weighted by atomic mass is 9.91. The Kier molecular flexibility index (Phi) is 2.15. The molecule has 0 fully saturated rings. The molecule has 1 aliphatic carbocycles. The largest absolute Gasteiger partial charge is 0.513 e. The molecule has 0 radical (unpaired) electrons. The van der Waals surface area contributed by atoms with Crippen molar-refractivity contribution in [3.05, 3.63) is 23.5 Å². The van der Waals surface area contributed by atoms with Gasteiger partial charge in [-0.25, -0.2) is 0 Å². The average molecular weight is 138 g/mol. The van der Waals surface area contributed by atoms with E-state index in [1.165, 1.54) is 5.57 Å². The number of aliphatic hydroxyl groups is 1. The minimum atomic E-state index is 0.443. The van der Waals surface area contributed by atoms with E-state index < -0.39 is 0 Å². The highest BCUT2D eigenvalue weighted by molar-refractivity contribution is 5.18. The molecular formula is C9H14O. The highest BCUT2D eigenvalue weighted by atomic mass is 16.3. The predicted molar refractivity (Wildman–Crippen MR) is 42.9 cm³/mol. The molecule has 0 aromatic rings. The number of hydrogen-bond donors (Lipinski definition) is 1. The molecule has 1 heteroatoms.